The Balaban J connectivity index is 2.39. The van der Waals surface area contributed by atoms with Gasteiger partial charge < -0.3 is 9.47 Å². The number of carbonyl (C=O) groups excluding carboxylic acids is 3. The number of halogens is 3. The Morgan fingerprint density at radius 1 is 1.26 bits per heavy atom. The number of hydrogen-bond donors (Lipinski definition) is 1. The molecule has 6 nitrogen and oxygen atoms in total. The van der Waals surface area contributed by atoms with Crippen LogP contribution in [0.5, 0.6) is 0 Å². The molecule has 1 aliphatic heterocycles. The number of rotatable bonds is 4. The third kappa shape index (κ3) is 4.86. The third-order valence-electron chi connectivity index (χ3n) is 2.39. The first-order valence-corrected chi connectivity index (χ1v) is 5.40. The molecule has 9 heteroatoms. The summed E-state index contributed by atoms with van der Waals surface area (Å²) in [5.41, 5.74) is 0. The normalized spacial score (nSPS) is 22.9. The van der Waals surface area contributed by atoms with E-state index in [1.807, 2.05) is 0 Å². The highest BCUT2D eigenvalue weighted by Crippen LogP contribution is 2.21. The molecule has 1 heterocycles. The summed E-state index contributed by atoms with van der Waals surface area (Å²) in [5, 5.41) is 2.43. The zero-order chi connectivity index (χ0) is 14.6. The van der Waals surface area contributed by atoms with Crippen LogP contribution in [0.4, 0.5) is 13.2 Å². The maximum atomic E-state index is 11.9. The van der Waals surface area contributed by atoms with E-state index in [1.165, 1.54) is 0 Å². The lowest BCUT2D eigenvalue weighted by Crippen LogP contribution is -2.41. The van der Waals surface area contributed by atoms with Crippen LogP contribution in [0.15, 0.2) is 0 Å². The summed E-state index contributed by atoms with van der Waals surface area (Å²) in [5.74, 6) is -3.43. The molecule has 1 saturated heterocycles. The summed E-state index contributed by atoms with van der Waals surface area (Å²) in [6.45, 7) is 0.663. The lowest BCUT2D eigenvalue weighted by atomic mass is 10.1. The van der Waals surface area contributed by atoms with Crippen LogP contribution in [0.2, 0.25) is 0 Å². The van der Waals surface area contributed by atoms with Crippen molar-refractivity contribution in [2.75, 3.05) is 6.61 Å². The molecule has 0 spiro atoms. The van der Waals surface area contributed by atoms with Crippen LogP contribution >= 0.6 is 0 Å². The molecule has 0 aliphatic carbocycles. The van der Waals surface area contributed by atoms with E-state index < -0.39 is 42.8 Å². The SMILES string of the molecule is CC(=O)OCC(=O)C1CCC(OC(=O)C(F)(F)F)N1. The second-order valence-corrected chi connectivity index (χ2v) is 3.93. The van der Waals surface area contributed by atoms with Crippen LogP contribution in [0.25, 0.3) is 0 Å². The molecule has 0 aromatic rings. The van der Waals surface area contributed by atoms with E-state index in [0.29, 0.717) is 0 Å². The van der Waals surface area contributed by atoms with E-state index >= 15 is 0 Å². The first-order valence-electron chi connectivity index (χ1n) is 5.40. The summed E-state index contributed by atoms with van der Waals surface area (Å²) in [4.78, 5) is 32.5. The zero-order valence-electron chi connectivity index (χ0n) is 9.95. The fourth-order valence-corrected chi connectivity index (χ4v) is 1.53. The van der Waals surface area contributed by atoms with E-state index in [9.17, 15) is 27.6 Å². The maximum absolute atomic E-state index is 11.9. The zero-order valence-corrected chi connectivity index (χ0v) is 9.95. The summed E-state index contributed by atoms with van der Waals surface area (Å²) >= 11 is 0. The van der Waals surface area contributed by atoms with Crippen LogP contribution in [0.3, 0.4) is 0 Å². The highest BCUT2D eigenvalue weighted by atomic mass is 19.4. The van der Waals surface area contributed by atoms with Crippen molar-refractivity contribution < 1.29 is 37.0 Å². The Hall–Kier alpha value is -1.64. The third-order valence-corrected chi connectivity index (χ3v) is 2.39. The molecule has 0 saturated carbocycles. The molecule has 108 valence electrons. The minimum Gasteiger partial charge on any atom is -0.458 e. The molecule has 0 aromatic carbocycles. The van der Waals surface area contributed by atoms with Gasteiger partial charge in [0.2, 0.25) is 0 Å². The number of Topliss-reactive ketones (excluding diaryl/α,β-unsaturated/α-hetero) is 1. The summed E-state index contributed by atoms with van der Waals surface area (Å²) in [7, 11) is 0. The molecular formula is C10H12F3NO5. The van der Waals surface area contributed by atoms with Crippen molar-refractivity contribution in [3.8, 4) is 0 Å². The number of carbonyl (C=O) groups is 3. The molecule has 1 aliphatic rings. The van der Waals surface area contributed by atoms with Crippen LogP contribution < -0.4 is 5.32 Å². The van der Waals surface area contributed by atoms with Gasteiger partial charge in [-0.05, 0) is 6.42 Å². The Morgan fingerprint density at radius 2 is 1.89 bits per heavy atom. The van der Waals surface area contributed by atoms with Gasteiger partial charge in [-0.1, -0.05) is 0 Å². The van der Waals surface area contributed by atoms with Crippen LogP contribution in [-0.2, 0) is 23.9 Å². The molecule has 0 bridgehead atoms. The first-order chi connectivity index (χ1) is 8.70. The van der Waals surface area contributed by atoms with Gasteiger partial charge in [0.25, 0.3) is 0 Å². The lowest BCUT2D eigenvalue weighted by Gasteiger charge is -2.15. The van der Waals surface area contributed by atoms with Crippen molar-refractivity contribution in [3.63, 3.8) is 0 Å². The van der Waals surface area contributed by atoms with Crippen LogP contribution in [0.1, 0.15) is 19.8 Å². The van der Waals surface area contributed by atoms with Crippen LogP contribution in [-0.4, -0.2) is 42.8 Å². The molecule has 1 fully saturated rings. The number of nitrogens with one attached hydrogen (secondary N) is 1. The Labute approximate surface area is 106 Å². The second-order valence-electron chi connectivity index (χ2n) is 3.93. The Bertz CT molecular complexity index is 382. The predicted molar refractivity (Wildman–Crippen MR) is 53.7 cm³/mol. The molecule has 19 heavy (non-hydrogen) atoms. The van der Waals surface area contributed by atoms with Crippen molar-refractivity contribution in [2.24, 2.45) is 0 Å². The molecular weight excluding hydrogens is 271 g/mol. The predicted octanol–water partition coefficient (Wildman–Crippen LogP) is 0.302. The van der Waals surface area contributed by atoms with Gasteiger partial charge in [-0.2, -0.15) is 13.2 Å². The van der Waals surface area contributed by atoms with Gasteiger partial charge in [0.15, 0.2) is 18.6 Å². The first kappa shape index (κ1) is 15.4. The molecule has 0 radical (unpaired) electrons. The van der Waals surface area contributed by atoms with Gasteiger partial charge in [-0.15, -0.1) is 0 Å². The minimum absolute atomic E-state index is 0.0816. The van der Waals surface area contributed by atoms with Crippen molar-refractivity contribution in [3.05, 3.63) is 0 Å². The highest BCUT2D eigenvalue weighted by molar-refractivity contribution is 5.87. The molecule has 1 rings (SSSR count). The number of ether oxygens (including phenoxy) is 2. The van der Waals surface area contributed by atoms with E-state index in [-0.39, 0.29) is 12.8 Å². The summed E-state index contributed by atoms with van der Waals surface area (Å²) in [6.07, 6.45) is -5.95. The molecule has 2 atom stereocenters. The minimum atomic E-state index is -5.07. The van der Waals surface area contributed by atoms with E-state index in [1.54, 1.807) is 0 Å². The van der Waals surface area contributed by atoms with Gasteiger partial charge >= 0.3 is 18.1 Å². The molecule has 2 unspecified atom stereocenters. The van der Waals surface area contributed by atoms with Gasteiger partial charge in [0.1, 0.15) is 0 Å². The van der Waals surface area contributed by atoms with Crippen molar-refractivity contribution in [2.45, 2.75) is 38.2 Å². The Kier molecular flexibility index (Phi) is 4.87. The highest BCUT2D eigenvalue weighted by Gasteiger charge is 2.43. The quantitative estimate of drug-likeness (QED) is 0.747. The average Bonchev–Trinajstić information content (AvgIpc) is 2.73. The Morgan fingerprint density at radius 3 is 2.42 bits per heavy atom. The maximum Gasteiger partial charge on any atom is 0.490 e. The molecule has 1 N–H and O–H groups in total. The summed E-state index contributed by atoms with van der Waals surface area (Å²) in [6, 6.07) is -0.787. The topological polar surface area (TPSA) is 81.7 Å². The fraction of sp³-hybridized carbons (Fsp3) is 0.700. The van der Waals surface area contributed by atoms with Gasteiger partial charge in [0, 0.05) is 13.3 Å². The average molecular weight is 283 g/mol. The molecule has 0 aromatic heterocycles. The lowest BCUT2D eigenvalue weighted by molar-refractivity contribution is -0.205. The van der Waals surface area contributed by atoms with Gasteiger partial charge in [-0.3, -0.25) is 14.9 Å². The number of ketones is 1. The standard InChI is InChI=1S/C10H12F3NO5/c1-5(15)18-4-7(16)6-2-3-8(14-6)19-9(17)10(11,12)13/h6,8,14H,2-4H2,1H3. The number of alkyl halides is 3. The van der Waals surface area contributed by atoms with Gasteiger partial charge in [0.05, 0.1) is 6.04 Å². The van der Waals surface area contributed by atoms with E-state index in [4.69, 9.17) is 0 Å². The monoisotopic (exact) mass is 283 g/mol. The second kappa shape index (κ2) is 6.00. The fourth-order valence-electron chi connectivity index (χ4n) is 1.53. The van der Waals surface area contributed by atoms with Crippen molar-refractivity contribution >= 4 is 17.7 Å². The van der Waals surface area contributed by atoms with Crippen molar-refractivity contribution in [1.29, 1.82) is 0 Å². The summed E-state index contributed by atoms with van der Waals surface area (Å²) < 4.78 is 44.4. The van der Waals surface area contributed by atoms with Crippen molar-refractivity contribution in [1.82, 2.24) is 5.32 Å². The van der Waals surface area contributed by atoms with E-state index in [0.717, 1.165) is 6.92 Å². The van der Waals surface area contributed by atoms with Gasteiger partial charge in [-0.25, -0.2) is 4.79 Å². The molecule has 0 amide bonds. The smallest absolute Gasteiger partial charge is 0.458 e. The number of esters is 2. The largest absolute Gasteiger partial charge is 0.490 e. The van der Waals surface area contributed by atoms with Crippen LogP contribution in [0, 0.1) is 0 Å². The number of hydrogen-bond acceptors (Lipinski definition) is 6. The van der Waals surface area contributed by atoms with E-state index in [2.05, 4.69) is 14.8 Å².